The molecule has 0 spiro atoms. The van der Waals surface area contributed by atoms with Crippen molar-refractivity contribution in [3.63, 3.8) is 0 Å². The van der Waals surface area contributed by atoms with Crippen LogP contribution in [0.4, 0.5) is 4.79 Å². The van der Waals surface area contributed by atoms with E-state index in [-0.39, 0.29) is 6.03 Å². The standard InChI is InChI=1S/C10H14N2O/c13-10(12-7-3-4-8-12)11-9-5-1-2-6-9/h3-4,7-9H,1-2,5-6H2,(H,11,13). The second-order valence-corrected chi connectivity index (χ2v) is 3.52. The van der Waals surface area contributed by atoms with Gasteiger partial charge < -0.3 is 5.32 Å². The molecule has 1 aliphatic carbocycles. The van der Waals surface area contributed by atoms with E-state index in [0.29, 0.717) is 6.04 Å². The molecule has 3 nitrogen and oxygen atoms in total. The zero-order valence-corrected chi connectivity index (χ0v) is 7.57. The Hall–Kier alpha value is -1.25. The summed E-state index contributed by atoms with van der Waals surface area (Å²) in [5.74, 6) is 0. The highest BCUT2D eigenvalue weighted by Crippen LogP contribution is 2.17. The predicted octanol–water partition coefficient (Wildman–Crippen LogP) is 1.99. The van der Waals surface area contributed by atoms with Crippen LogP contribution in [0.25, 0.3) is 0 Å². The van der Waals surface area contributed by atoms with E-state index in [1.165, 1.54) is 12.8 Å². The fourth-order valence-corrected chi connectivity index (χ4v) is 1.79. The summed E-state index contributed by atoms with van der Waals surface area (Å²) in [5.41, 5.74) is 0. The van der Waals surface area contributed by atoms with Crippen LogP contribution in [0.3, 0.4) is 0 Å². The maximum atomic E-state index is 11.5. The minimum absolute atomic E-state index is 0.00287. The fraction of sp³-hybridized carbons (Fsp3) is 0.500. The minimum atomic E-state index is -0.00287. The van der Waals surface area contributed by atoms with Gasteiger partial charge in [0.15, 0.2) is 0 Å². The molecular formula is C10H14N2O. The highest BCUT2D eigenvalue weighted by Gasteiger charge is 2.17. The second-order valence-electron chi connectivity index (χ2n) is 3.52. The van der Waals surface area contributed by atoms with E-state index < -0.39 is 0 Å². The van der Waals surface area contributed by atoms with Gasteiger partial charge in [-0.15, -0.1) is 0 Å². The first kappa shape index (κ1) is 8.35. The number of aromatic nitrogens is 1. The molecule has 1 saturated carbocycles. The molecule has 0 radical (unpaired) electrons. The summed E-state index contributed by atoms with van der Waals surface area (Å²) in [6.45, 7) is 0. The van der Waals surface area contributed by atoms with Gasteiger partial charge in [0.2, 0.25) is 0 Å². The summed E-state index contributed by atoms with van der Waals surface area (Å²) >= 11 is 0. The van der Waals surface area contributed by atoms with Crippen LogP contribution >= 0.6 is 0 Å². The maximum absolute atomic E-state index is 11.5. The van der Waals surface area contributed by atoms with Crippen molar-refractivity contribution in [1.82, 2.24) is 9.88 Å². The molecule has 0 saturated heterocycles. The monoisotopic (exact) mass is 178 g/mol. The van der Waals surface area contributed by atoms with Crippen LogP contribution in [0.15, 0.2) is 24.5 Å². The Morgan fingerprint density at radius 2 is 1.85 bits per heavy atom. The van der Waals surface area contributed by atoms with Crippen LogP contribution in [0, 0.1) is 0 Å². The fourth-order valence-electron chi connectivity index (χ4n) is 1.79. The Morgan fingerprint density at radius 1 is 1.23 bits per heavy atom. The van der Waals surface area contributed by atoms with Gasteiger partial charge in [0.25, 0.3) is 0 Å². The molecule has 1 fully saturated rings. The molecule has 0 aromatic carbocycles. The van der Waals surface area contributed by atoms with Crippen LogP contribution in [-0.4, -0.2) is 16.6 Å². The minimum Gasteiger partial charge on any atom is -0.335 e. The average molecular weight is 178 g/mol. The van der Waals surface area contributed by atoms with Crippen LogP contribution in [0.1, 0.15) is 25.7 Å². The second kappa shape index (κ2) is 3.64. The molecule has 70 valence electrons. The van der Waals surface area contributed by atoms with Crippen LogP contribution in [-0.2, 0) is 0 Å². The summed E-state index contributed by atoms with van der Waals surface area (Å²) < 4.78 is 1.58. The summed E-state index contributed by atoms with van der Waals surface area (Å²) in [4.78, 5) is 11.5. The van der Waals surface area contributed by atoms with E-state index in [1.807, 2.05) is 12.1 Å². The van der Waals surface area contributed by atoms with Crippen molar-refractivity contribution < 1.29 is 4.79 Å². The Kier molecular flexibility index (Phi) is 2.34. The van der Waals surface area contributed by atoms with Crippen molar-refractivity contribution in [1.29, 1.82) is 0 Å². The molecule has 1 heterocycles. The van der Waals surface area contributed by atoms with Crippen molar-refractivity contribution in [2.45, 2.75) is 31.7 Å². The molecule has 2 rings (SSSR count). The van der Waals surface area contributed by atoms with Crippen LogP contribution in [0.5, 0.6) is 0 Å². The summed E-state index contributed by atoms with van der Waals surface area (Å²) in [5, 5.41) is 3.01. The molecule has 0 bridgehead atoms. The summed E-state index contributed by atoms with van der Waals surface area (Å²) in [7, 11) is 0. The van der Waals surface area contributed by atoms with Gasteiger partial charge in [0.1, 0.15) is 0 Å². The zero-order chi connectivity index (χ0) is 9.10. The van der Waals surface area contributed by atoms with Crippen molar-refractivity contribution in [3.05, 3.63) is 24.5 Å². The largest absolute Gasteiger partial charge is 0.335 e. The molecule has 13 heavy (non-hydrogen) atoms. The van der Waals surface area contributed by atoms with Gasteiger partial charge in [-0.1, -0.05) is 12.8 Å². The lowest BCUT2D eigenvalue weighted by Gasteiger charge is -2.11. The van der Waals surface area contributed by atoms with Crippen molar-refractivity contribution in [3.8, 4) is 0 Å². The van der Waals surface area contributed by atoms with Crippen LogP contribution in [0.2, 0.25) is 0 Å². The van der Waals surface area contributed by atoms with Gasteiger partial charge in [0.05, 0.1) is 0 Å². The molecule has 0 unspecified atom stereocenters. The Labute approximate surface area is 77.7 Å². The third kappa shape index (κ3) is 1.91. The molecule has 1 amide bonds. The van der Waals surface area contributed by atoms with E-state index in [9.17, 15) is 4.79 Å². The lowest BCUT2D eigenvalue weighted by Crippen LogP contribution is -2.35. The van der Waals surface area contributed by atoms with Gasteiger partial charge in [0, 0.05) is 18.4 Å². The number of carbonyl (C=O) groups is 1. The molecule has 1 aromatic rings. The quantitative estimate of drug-likeness (QED) is 0.701. The SMILES string of the molecule is O=C(NC1CCCC1)n1cccc1. The lowest BCUT2D eigenvalue weighted by atomic mass is 10.3. The first-order valence-electron chi connectivity index (χ1n) is 4.80. The van der Waals surface area contributed by atoms with Crippen molar-refractivity contribution in [2.24, 2.45) is 0 Å². The number of nitrogens with one attached hydrogen (secondary N) is 1. The summed E-state index contributed by atoms with van der Waals surface area (Å²) in [6.07, 6.45) is 8.29. The van der Waals surface area contributed by atoms with E-state index in [4.69, 9.17) is 0 Å². The van der Waals surface area contributed by atoms with Gasteiger partial charge >= 0.3 is 6.03 Å². The number of nitrogens with zero attached hydrogens (tertiary/aromatic N) is 1. The number of amides is 1. The first-order chi connectivity index (χ1) is 6.36. The Bertz CT molecular complexity index is 273. The van der Waals surface area contributed by atoms with E-state index in [2.05, 4.69) is 5.32 Å². The third-order valence-corrected chi connectivity index (χ3v) is 2.52. The smallest absolute Gasteiger partial charge is 0.325 e. The molecule has 1 aromatic heterocycles. The lowest BCUT2D eigenvalue weighted by molar-refractivity contribution is 0.238. The molecule has 3 heteroatoms. The zero-order valence-electron chi connectivity index (χ0n) is 7.57. The normalized spacial score (nSPS) is 17.5. The summed E-state index contributed by atoms with van der Waals surface area (Å²) in [6, 6.07) is 4.11. The molecule has 1 N–H and O–H groups in total. The van der Waals surface area contributed by atoms with E-state index >= 15 is 0 Å². The van der Waals surface area contributed by atoms with Gasteiger partial charge in [-0.2, -0.15) is 0 Å². The first-order valence-corrected chi connectivity index (χ1v) is 4.80. The number of hydrogen-bond acceptors (Lipinski definition) is 1. The van der Waals surface area contributed by atoms with Crippen molar-refractivity contribution >= 4 is 6.03 Å². The van der Waals surface area contributed by atoms with Gasteiger partial charge in [-0.05, 0) is 25.0 Å². The molecular weight excluding hydrogens is 164 g/mol. The highest BCUT2D eigenvalue weighted by molar-refractivity contribution is 5.76. The highest BCUT2D eigenvalue weighted by atomic mass is 16.2. The Morgan fingerprint density at radius 3 is 2.46 bits per heavy atom. The third-order valence-electron chi connectivity index (χ3n) is 2.52. The number of hydrogen-bond donors (Lipinski definition) is 1. The average Bonchev–Trinajstić information content (AvgIpc) is 2.74. The number of carbonyl (C=O) groups excluding carboxylic acids is 1. The van der Waals surface area contributed by atoms with Gasteiger partial charge in [-0.3, -0.25) is 4.57 Å². The van der Waals surface area contributed by atoms with Gasteiger partial charge in [-0.25, -0.2) is 4.79 Å². The van der Waals surface area contributed by atoms with E-state index in [0.717, 1.165) is 12.8 Å². The van der Waals surface area contributed by atoms with Crippen molar-refractivity contribution in [2.75, 3.05) is 0 Å². The maximum Gasteiger partial charge on any atom is 0.325 e. The molecule has 0 atom stereocenters. The predicted molar refractivity (Wildman–Crippen MR) is 50.6 cm³/mol. The van der Waals surface area contributed by atoms with Crippen LogP contribution < -0.4 is 5.32 Å². The molecule has 1 aliphatic rings. The Balaban J connectivity index is 1.91. The van der Waals surface area contributed by atoms with E-state index in [1.54, 1.807) is 17.0 Å². The molecule has 0 aliphatic heterocycles. The number of rotatable bonds is 1. The topological polar surface area (TPSA) is 34.0 Å².